The van der Waals surface area contributed by atoms with Crippen LogP contribution in [-0.2, 0) is 11.2 Å². The average molecular weight is 485 g/mol. The molecule has 6 nitrogen and oxygen atoms in total. The predicted molar refractivity (Wildman–Crippen MR) is 138 cm³/mol. The number of carboxylic acid groups (broad SMARTS) is 1. The van der Waals surface area contributed by atoms with Gasteiger partial charge < -0.3 is 19.3 Å². The first-order chi connectivity index (χ1) is 17.3. The van der Waals surface area contributed by atoms with Crippen LogP contribution in [0.4, 0.5) is 0 Å². The van der Waals surface area contributed by atoms with Gasteiger partial charge in [0.25, 0.3) is 0 Å². The maximum Gasteiger partial charge on any atom is 0.347 e. The Morgan fingerprint density at radius 3 is 2.22 bits per heavy atom. The highest BCUT2D eigenvalue weighted by Gasteiger charge is 2.31. The number of methoxy groups -OCH3 is 1. The summed E-state index contributed by atoms with van der Waals surface area (Å²) in [5, 5.41) is 11.8. The van der Waals surface area contributed by atoms with E-state index in [4.69, 9.17) is 14.2 Å². The second kappa shape index (κ2) is 10.5. The molecule has 0 saturated carbocycles. The lowest BCUT2D eigenvalue weighted by molar-refractivity contribution is -0.152. The summed E-state index contributed by atoms with van der Waals surface area (Å²) in [6.45, 7) is 3.35. The minimum absolute atomic E-state index is 0.141. The summed E-state index contributed by atoms with van der Waals surface area (Å²) in [5.41, 5.74) is 0.344. The normalized spacial score (nSPS) is 11.2. The maximum atomic E-state index is 13.2. The van der Waals surface area contributed by atoms with Crippen molar-refractivity contribution in [2.75, 3.05) is 13.7 Å². The Morgan fingerprint density at radius 1 is 0.833 bits per heavy atom. The van der Waals surface area contributed by atoms with E-state index in [1.54, 1.807) is 36.4 Å². The largest absolute Gasteiger partial charge is 0.497 e. The first-order valence-corrected chi connectivity index (χ1v) is 11.6. The van der Waals surface area contributed by atoms with Gasteiger partial charge in [0.1, 0.15) is 17.2 Å². The first kappa shape index (κ1) is 24.8. The van der Waals surface area contributed by atoms with Gasteiger partial charge in [-0.15, -0.1) is 0 Å². The number of ketones is 1. The number of fused-ring (bicyclic) bond motifs is 1. The van der Waals surface area contributed by atoms with Gasteiger partial charge in [0.15, 0.2) is 11.4 Å². The van der Waals surface area contributed by atoms with E-state index in [9.17, 15) is 14.7 Å². The second-order valence-electron chi connectivity index (χ2n) is 8.91. The van der Waals surface area contributed by atoms with Gasteiger partial charge in [-0.25, -0.2) is 4.79 Å². The molecule has 0 heterocycles. The van der Waals surface area contributed by atoms with Gasteiger partial charge in [0, 0.05) is 18.1 Å². The van der Waals surface area contributed by atoms with Crippen molar-refractivity contribution < 1.29 is 28.9 Å². The highest BCUT2D eigenvalue weighted by Crippen LogP contribution is 2.30. The Kier molecular flexibility index (Phi) is 7.25. The van der Waals surface area contributed by atoms with Crippen LogP contribution >= 0.6 is 0 Å². The summed E-state index contributed by atoms with van der Waals surface area (Å²) in [5.74, 6) is -0.184. The molecule has 0 aromatic heterocycles. The molecule has 0 spiro atoms. The molecule has 184 valence electrons. The van der Waals surface area contributed by atoms with Gasteiger partial charge in [0.05, 0.1) is 19.3 Å². The van der Waals surface area contributed by atoms with E-state index in [-0.39, 0.29) is 17.1 Å². The van der Waals surface area contributed by atoms with E-state index in [0.29, 0.717) is 23.7 Å². The number of carbonyl (C=O) groups is 2. The van der Waals surface area contributed by atoms with Gasteiger partial charge in [-0.1, -0.05) is 42.5 Å². The summed E-state index contributed by atoms with van der Waals surface area (Å²) < 4.78 is 16.8. The number of hydrogen-bond donors (Lipinski definition) is 1. The van der Waals surface area contributed by atoms with Crippen LogP contribution in [0.25, 0.3) is 10.8 Å². The number of hydrogen-bond acceptors (Lipinski definition) is 5. The summed E-state index contributed by atoms with van der Waals surface area (Å²) in [7, 11) is 1.49. The third kappa shape index (κ3) is 5.66. The zero-order valence-corrected chi connectivity index (χ0v) is 20.5. The van der Waals surface area contributed by atoms with Gasteiger partial charge in [-0.3, -0.25) is 4.79 Å². The Hall–Kier alpha value is -4.32. The van der Waals surface area contributed by atoms with Crippen molar-refractivity contribution in [3.05, 3.63) is 102 Å². The predicted octanol–water partition coefficient (Wildman–Crippen LogP) is 5.94. The molecule has 4 aromatic rings. The Labute approximate surface area is 210 Å². The van der Waals surface area contributed by atoms with E-state index in [2.05, 4.69) is 30.3 Å². The Balaban J connectivity index is 1.44. The molecule has 0 aliphatic carbocycles. The third-order valence-electron chi connectivity index (χ3n) is 5.90. The van der Waals surface area contributed by atoms with Crippen LogP contribution in [0.5, 0.6) is 17.2 Å². The van der Waals surface area contributed by atoms with Crippen molar-refractivity contribution in [1.82, 2.24) is 0 Å². The zero-order valence-electron chi connectivity index (χ0n) is 20.5. The zero-order chi connectivity index (χ0) is 25.7. The van der Waals surface area contributed by atoms with Crippen molar-refractivity contribution in [2.45, 2.75) is 25.9 Å². The number of aliphatic carboxylic acids is 1. The van der Waals surface area contributed by atoms with Gasteiger partial charge in [0.2, 0.25) is 0 Å². The SMILES string of the molecule is COc1ccc(C(=O)c2ccc(OCCc3ccc4ccccc4c3)cc2)c(OC(C)(C)C(=O)O)c1. The molecule has 0 fully saturated rings. The average Bonchev–Trinajstić information content (AvgIpc) is 2.88. The van der Waals surface area contributed by atoms with E-state index >= 15 is 0 Å². The molecule has 0 aliphatic heterocycles. The summed E-state index contributed by atoms with van der Waals surface area (Å²) in [6.07, 6.45) is 0.761. The van der Waals surface area contributed by atoms with Crippen molar-refractivity contribution in [3.63, 3.8) is 0 Å². The molecule has 0 amide bonds. The third-order valence-corrected chi connectivity index (χ3v) is 5.90. The fraction of sp³-hybridized carbons (Fsp3) is 0.200. The van der Waals surface area contributed by atoms with Crippen LogP contribution in [0, 0.1) is 0 Å². The lowest BCUT2D eigenvalue weighted by atomic mass is 10.0. The van der Waals surface area contributed by atoms with E-state index < -0.39 is 11.6 Å². The van der Waals surface area contributed by atoms with Crippen LogP contribution in [0.1, 0.15) is 35.3 Å². The van der Waals surface area contributed by atoms with Crippen LogP contribution < -0.4 is 14.2 Å². The molecular formula is C30H28O6. The molecule has 0 unspecified atom stereocenters. The fourth-order valence-corrected chi connectivity index (χ4v) is 3.76. The lowest BCUT2D eigenvalue weighted by Crippen LogP contribution is -2.38. The highest BCUT2D eigenvalue weighted by atomic mass is 16.5. The molecule has 1 N–H and O–H groups in total. The molecule has 0 radical (unpaired) electrons. The van der Waals surface area contributed by atoms with E-state index in [1.165, 1.54) is 43.4 Å². The summed E-state index contributed by atoms with van der Waals surface area (Å²) >= 11 is 0. The molecule has 0 aliphatic rings. The first-order valence-electron chi connectivity index (χ1n) is 11.6. The number of benzene rings is 4. The molecule has 6 heteroatoms. The van der Waals surface area contributed by atoms with E-state index in [0.717, 1.165) is 6.42 Å². The minimum atomic E-state index is -1.52. The molecule has 36 heavy (non-hydrogen) atoms. The molecule has 0 atom stereocenters. The topological polar surface area (TPSA) is 82.1 Å². The van der Waals surface area contributed by atoms with E-state index in [1.807, 2.05) is 12.1 Å². The number of carbonyl (C=O) groups excluding carboxylic acids is 1. The second-order valence-corrected chi connectivity index (χ2v) is 8.91. The Morgan fingerprint density at radius 2 is 1.53 bits per heavy atom. The number of rotatable bonds is 10. The van der Waals surface area contributed by atoms with Crippen LogP contribution in [-0.4, -0.2) is 36.2 Å². The van der Waals surface area contributed by atoms with Gasteiger partial charge in [-0.2, -0.15) is 0 Å². The van der Waals surface area contributed by atoms with Crippen molar-refractivity contribution in [3.8, 4) is 17.2 Å². The summed E-state index contributed by atoms with van der Waals surface area (Å²) in [4.78, 5) is 24.8. The maximum absolute atomic E-state index is 13.2. The number of ether oxygens (including phenoxy) is 3. The molecule has 0 bridgehead atoms. The van der Waals surface area contributed by atoms with Crippen LogP contribution in [0.15, 0.2) is 84.9 Å². The molecule has 4 rings (SSSR count). The Bertz CT molecular complexity index is 1390. The molecule has 0 saturated heterocycles. The standard InChI is InChI=1S/C30H28O6/c1-30(2,29(32)33)36-27-19-25(34-3)14-15-26(27)28(31)22-10-12-24(13-11-22)35-17-16-20-8-9-21-6-4-5-7-23(21)18-20/h4-15,18-19H,16-17H2,1-3H3,(H,32,33). The highest BCUT2D eigenvalue weighted by molar-refractivity contribution is 6.11. The van der Waals surface area contributed by atoms with Crippen molar-refractivity contribution in [2.24, 2.45) is 0 Å². The fourth-order valence-electron chi connectivity index (χ4n) is 3.76. The van der Waals surface area contributed by atoms with Crippen LogP contribution in [0.2, 0.25) is 0 Å². The molecular weight excluding hydrogens is 456 g/mol. The van der Waals surface area contributed by atoms with Gasteiger partial charge in [-0.05, 0) is 66.6 Å². The summed E-state index contributed by atoms with van der Waals surface area (Å²) in [6, 6.07) is 26.2. The minimum Gasteiger partial charge on any atom is -0.497 e. The lowest BCUT2D eigenvalue weighted by Gasteiger charge is -2.23. The van der Waals surface area contributed by atoms with Crippen molar-refractivity contribution in [1.29, 1.82) is 0 Å². The smallest absolute Gasteiger partial charge is 0.347 e. The van der Waals surface area contributed by atoms with Crippen molar-refractivity contribution >= 4 is 22.5 Å². The quantitative estimate of drug-likeness (QED) is 0.281. The number of carboxylic acids is 1. The van der Waals surface area contributed by atoms with Gasteiger partial charge >= 0.3 is 5.97 Å². The monoisotopic (exact) mass is 484 g/mol. The molecule has 4 aromatic carbocycles. The van der Waals surface area contributed by atoms with Crippen LogP contribution in [0.3, 0.4) is 0 Å².